The van der Waals surface area contributed by atoms with Crippen molar-refractivity contribution in [3.05, 3.63) is 59.4 Å². The van der Waals surface area contributed by atoms with Gasteiger partial charge in [0, 0.05) is 55.7 Å². The summed E-state index contributed by atoms with van der Waals surface area (Å²) >= 11 is 0. The predicted molar refractivity (Wildman–Crippen MR) is 112 cm³/mol. The van der Waals surface area contributed by atoms with E-state index in [1.165, 1.54) is 55.8 Å². The van der Waals surface area contributed by atoms with E-state index in [0.717, 1.165) is 28.8 Å². The van der Waals surface area contributed by atoms with Gasteiger partial charge in [-0.2, -0.15) is 0 Å². The van der Waals surface area contributed by atoms with Crippen LogP contribution in [0.4, 0.5) is 15.8 Å². The van der Waals surface area contributed by atoms with E-state index in [-0.39, 0.29) is 11.7 Å². The van der Waals surface area contributed by atoms with Crippen molar-refractivity contribution in [3.8, 4) is 0 Å². The van der Waals surface area contributed by atoms with E-state index in [1.807, 2.05) is 13.0 Å². The minimum absolute atomic E-state index is 0.214. The number of rotatable bonds is 4. The smallest absolute Gasteiger partial charge is 0.255 e. The lowest BCUT2D eigenvalue weighted by Gasteiger charge is -2.43. The zero-order valence-electron chi connectivity index (χ0n) is 16.7. The molecule has 2 aromatic rings. The largest absolute Gasteiger partial charge is 0.322 e. The molecule has 4 rings (SSSR count). The van der Waals surface area contributed by atoms with Gasteiger partial charge in [0.15, 0.2) is 0 Å². The Morgan fingerprint density at radius 3 is 2.57 bits per heavy atom. The van der Waals surface area contributed by atoms with E-state index < -0.39 is 0 Å². The normalized spacial score (nSPS) is 27.1. The fraction of sp³-hybridized carbons (Fsp3) is 0.435. The molecule has 2 N–H and O–H groups in total. The number of quaternary nitrogens is 1. The summed E-state index contributed by atoms with van der Waals surface area (Å²) in [7, 11) is 0. The second kappa shape index (κ2) is 7.64. The molecule has 2 aliphatic heterocycles. The van der Waals surface area contributed by atoms with Gasteiger partial charge >= 0.3 is 0 Å². The van der Waals surface area contributed by atoms with Crippen LogP contribution in [0.15, 0.2) is 42.5 Å². The first-order chi connectivity index (χ1) is 13.5. The molecule has 148 valence electrons. The van der Waals surface area contributed by atoms with Crippen molar-refractivity contribution < 1.29 is 9.18 Å². The number of halogens is 1. The standard InChI is InChI=1S/C23H28FN3O/c1-16-14-20(27(13-3-4-17(27)2)21-11-12-25-15-21)9-10-22(16)26-23(28)18-5-7-19(24)8-6-18/h5-10,14,17,21,25H,3-4,11-13,15H2,1-2H3/p+1. The summed E-state index contributed by atoms with van der Waals surface area (Å²) in [6.45, 7) is 7.79. The summed E-state index contributed by atoms with van der Waals surface area (Å²) in [4.78, 5) is 12.5. The van der Waals surface area contributed by atoms with Crippen LogP contribution in [-0.4, -0.2) is 37.6 Å². The number of anilines is 1. The molecule has 0 bridgehead atoms. The average molecular weight is 383 g/mol. The predicted octanol–water partition coefficient (Wildman–Crippen LogP) is 4.24. The molecule has 2 saturated heterocycles. The van der Waals surface area contributed by atoms with E-state index in [0.29, 0.717) is 17.6 Å². The van der Waals surface area contributed by atoms with Crippen molar-refractivity contribution in [2.24, 2.45) is 0 Å². The summed E-state index contributed by atoms with van der Waals surface area (Å²) in [6, 6.07) is 13.3. The molecule has 3 atom stereocenters. The molecule has 3 unspecified atom stereocenters. The summed E-state index contributed by atoms with van der Waals surface area (Å²) in [5.74, 6) is -0.554. The summed E-state index contributed by atoms with van der Waals surface area (Å²) < 4.78 is 14.1. The molecule has 1 amide bonds. The lowest BCUT2D eigenvalue weighted by atomic mass is 10.0. The zero-order valence-corrected chi connectivity index (χ0v) is 16.7. The van der Waals surface area contributed by atoms with Crippen LogP contribution in [0, 0.1) is 12.7 Å². The van der Waals surface area contributed by atoms with E-state index >= 15 is 0 Å². The highest BCUT2D eigenvalue weighted by Gasteiger charge is 2.48. The zero-order chi connectivity index (χ0) is 19.7. The van der Waals surface area contributed by atoms with E-state index in [2.05, 4.69) is 29.7 Å². The molecule has 4 nitrogen and oxygen atoms in total. The van der Waals surface area contributed by atoms with Gasteiger partial charge in [-0.15, -0.1) is 0 Å². The molecule has 0 saturated carbocycles. The SMILES string of the molecule is Cc1cc([N+]2(C3CCNC3)CCCC2C)ccc1NC(=O)c1ccc(F)cc1. The monoisotopic (exact) mass is 382 g/mol. The third kappa shape index (κ3) is 3.33. The Bertz CT molecular complexity index is 861. The molecule has 0 aromatic heterocycles. The highest BCUT2D eigenvalue weighted by molar-refractivity contribution is 6.04. The number of amides is 1. The number of likely N-dealkylation sites (tertiary alicyclic amines) is 1. The summed E-state index contributed by atoms with van der Waals surface area (Å²) in [5, 5.41) is 6.52. The van der Waals surface area contributed by atoms with Crippen LogP contribution in [0.25, 0.3) is 0 Å². The molecule has 0 aliphatic carbocycles. The van der Waals surface area contributed by atoms with Crippen LogP contribution in [0.1, 0.15) is 42.1 Å². The number of carbonyl (C=O) groups excluding carboxylic acids is 1. The maximum Gasteiger partial charge on any atom is 0.255 e. The van der Waals surface area contributed by atoms with Crippen molar-refractivity contribution in [1.82, 2.24) is 9.80 Å². The van der Waals surface area contributed by atoms with Gasteiger partial charge in [-0.3, -0.25) is 9.28 Å². The number of nitrogens with one attached hydrogen (secondary N) is 2. The van der Waals surface area contributed by atoms with Crippen LogP contribution in [0.3, 0.4) is 0 Å². The van der Waals surface area contributed by atoms with Gasteiger partial charge in [0.1, 0.15) is 17.5 Å². The van der Waals surface area contributed by atoms with Gasteiger partial charge in [-0.1, -0.05) is 0 Å². The lowest BCUT2D eigenvalue weighted by Crippen LogP contribution is -2.59. The number of carbonyl (C=O) groups is 1. The van der Waals surface area contributed by atoms with Crippen molar-refractivity contribution in [1.29, 1.82) is 0 Å². The van der Waals surface area contributed by atoms with Crippen molar-refractivity contribution in [2.45, 2.75) is 45.2 Å². The lowest BCUT2D eigenvalue weighted by molar-refractivity contribution is 0.102. The first kappa shape index (κ1) is 19.1. The fourth-order valence-corrected chi connectivity index (χ4v) is 5.11. The molecule has 28 heavy (non-hydrogen) atoms. The maximum atomic E-state index is 13.1. The minimum atomic E-state index is -0.341. The first-order valence-electron chi connectivity index (χ1n) is 10.3. The molecule has 0 radical (unpaired) electrons. The Morgan fingerprint density at radius 1 is 1.18 bits per heavy atom. The Hall–Kier alpha value is -2.24. The van der Waals surface area contributed by atoms with Gasteiger partial charge in [-0.25, -0.2) is 4.39 Å². The quantitative estimate of drug-likeness (QED) is 0.777. The molecule has 2 heterocycles. The maximum absolute atomic E-state index is 13.1. The molecule has 2 aliphatic rings. The first-order valence-corrected chi connectivity index (χ1v) is 10.3. The van der Waals surface area contributed by atoms with Crippen molar-refractivity contribution in [2.75, 3.05) is 25.0 Å². The Labute approximate surface area is 166 Å². The van der Waals surface area contributed by atoms with E-state index in [9.17, 15) is 9.18 Å². The third-order valence-electron chi connectivity index (χ3n) is 6.67. The third-order valence-corrected chi connectivity index (χ3v) is 6.67. The Morgan fingerprint density at radius 2 is 1.96 bits per heavy atom. The van der Waals surface area contributed by atoms with Crippen LogP contribution >= 0.6 is 0 Å². The van der Waals surface area contributed by atoms with Gasteiger partial charge in [0.2, 0.25) is 0 Å². The molecule has 2 aromatic carbocycles. The van der Waals surface area contributed by atoms with E-state index in [1.54, 1.807) is 0 Å². The highest BCUT2D eigenvalue weighted by atomic mass is 19.1. The molecular weight excluding hydrogens is 353 g/mol. The van der Waals surface area contributed by atoms with Crippen molar-refractivity contribution in [3.63, 3.8) is 0 Å². The molecule has 0 spiro atoms. The number of benzene rings is 2. The van der Waals surface area contributed by atoms with Gasteiger partial charge in [0.05, 0.1) is 12.6 Å². The topological polar surface area (TPSA) is 41.1 Å². The molecule has 2 fully saturated rings. The number of nitrogens with zero attached hydrogens (tertiary/aromatic N) is 1. The average Bonchev–Trinajstić information content (AvgIpc) is 3.34. The van der Waals surface area contributed by atoms with Crippen LogP contribution in [0.2, 0.25) is 0 Å². The molecule has 5 heteroatoms. The Balaban J connectivity index is 1.60. The minimum Gasteiger partial charge on any atom is -0.322 e. The van der Waals surface area contributed by atoms with Crippen molar-refractivity contribution >= 4 is 17.3 Å². The van der Waals surface area contributed by atoms with Gasteiger partial charge < -0.3 is 10.6 Å². The highest BCUT2D eigenvalue weighted by Crippen LogP contribution is 2.40. The molecular formula is C23H29FN3O+. The van der Waals surface area contributed by atoms with Gasteiger partial charge in [-0.05, 0) is 49.7 Å². The summed E-state index contributed by atoms with van der Waals surface area (Å²) in [6.07, 6.45) is 3.74. The summed E-state index contributed by atoms with van der Waals surface area (Å²) in [5.41, 5.74) is 3.69. The number of hydrogen-bond donors (Lipinski definition) is 2. The van der Waals surface area contributed by atoms with Gasteiger partial charge in [0.25, 0.3) is 5.91 Å². The number of aryl methyl sites for hydroxylation is 1. The van der Waals surface area contributed by atoms with Crippen LogP contribution in [0.5, 0.6) is 0 Å². The number of hydrogen-bond acceptors (Lipinski definition) is 2. The van der Waals surface area contributed by atoms with E-state index in [4.69, 9.17) is 0 Å². The fourth-order valence-electron chi connectivity index (χ4n) is 5.11. The van der Waals surface area contributed by atoms with Crippen LogP contribution < -0.4 is 15.1 Å². The second-order valence-electron chi connectivity index (χ2n) is 8.25. The Kier molecular flexibility index (Phi) is 5.21. The van der Waals surface area contributed by atoms with Crippen LogP contribution in [-0.2, 0) is 0 Å². The second-order valence-corrected chi connectivity index (χ2v) is 8.25.